The molecule has 0 unspecified atom stereocenters. The molecule has 1 N–H and O–H groups in total. The van der Waals surface area contributed by atoms with Crippen molar-refractivity contribution in [3.05, 3.63) is 0 Å². The summed E-state index contributed by atoms with van der Waals surface area (Å²) >= 11 is 0. The molecule has 0 fully saturated rings. The largest absolute Gasteiger partial charge is 2.00 e. The van der Waals surface area contributed by atoms with Crippen LogP contribution in [0.4, 0.5) is 0 Å². The molecule has 7 heteroatoms. The standard InChI is InChI=1S/C6H19NSi2.3Li.O/c1-8(2,3)7-9(4,5)6;;;;/h7H,1-6H3;;;;/q;3*+1;-2. The predicted molar refractivity (Wildman–Crippen MR) is 50.5 cm³/mol. The molecule has 0 rings (SSSR count). The molecule has 0 aromatic heterocycles. The fourth-order valence-corrected chi connectivity index (χ4v) is 10.1. The molecule has 0 radical (unpaired) electrons. The van der Waals surface area contributed by atoms with Crippen LogP contribution in [0, 0.1) is 0 Å². The van der Waals surface area contributed by atoms with Crippen LogP contribution in [0.25, 0.3) is 0 Å². The van der Waals surface area contributed by atoms with E-state index in [9.17, 15) is 0 Å². The summed E-state index contributed by atoms with van der Waals surface area (Å²) in [5.74, 6) is 0. The molecule has 2 nitrogen and oxygen atoms in total. The summed E-state index contributed by atoms with van der Waals surface area (Å²) < 4.78 is 3.74. The van der Waals surface area contributed by atoms with Crippen molar-refractivity contribution in [3.63, 3.8) is 0 Å². The second kappa shape index (κ2) is 10.7. The third kappa shape index (κ3) is 31.4. The van der Waals surface area contributed by atoms with E-state index < -0.39 is 16.5 Å². The molecule has 0 amide bonds. The van der Waals surface area contributed by atoms with Gasteiger partial charge in [-0.05, 0) is 0 Å². The maximum Gasteiger partial charge on any atom is 1.00 e. The molecule has 0 aliphatic heterocycles. The molecule has 0 aromatic rings. The van der Waals surface area contributed by atoms with E-state index in [1.807, 2.05) is 0 Å². The van der Waals surface area contributed by atoms with Gasteiger partial charge in [-0.25, -0.2) is 0 Å². The predicted octanol–water partition coefficient (Wildman–Crippen LogP) is -6.86. The Hall–Kier alpha value is 2.15. The van der Waals surface area contributed by atoms with Crippen molar-refractivity contribution in [2.75, 3.05) is 0 Å². The number of rotatable bonds is 2. The summed E-state index contributed by atoms with van der Waals surface area (Å²) in [6, 6.07) is 0. The number of nitrogens with one attached hydrogen (secondary N) is 1. The van der Waals surface area contributed by atoms with Gasteiger partial charge in [0.05, 0.1) is 0 Å². The van der Waals surface area contributed by atoms with Gasteiger partial charge < -0.3 is 10.1 Å². The van der Waals surface area contributed by atoms with Crippen molar-refractivity contribution < 1.29 is 62.1 Å². The van der Waals surface area contributed by atoms with Gasteiger partial charge in [0.1, 0.15) is 16.5 Å². The Bertz CT molecular complexity index is 91.0. The minimum atomic E-state index is -0.981. The minimum absolute atomic E-state index is 0. The quantitative estimate of drug-likeness (QED) is 0.440. The Morgan fingerprint density at radius 3 is 0.769 bits per heavy atom. The molecule has 0 aliphatic carbocycles. The first-order chi connectivity index (χ1) is 3.71. The van der Waals surface area contributed by atoms with Crippen molar-refractivity contribution in [1.29, 1.82) is 0 Å². The topological polar surface area (TPSA) is 40.5 Å². The zero-order valence-electron chi connectivity index (χ0n) is 10.9. The first-order valence-corrected chi connectivity index (χ1v) is 10.5. The zero-order chi connectivity index (χ0) is 7.71. The molecule has 0 atom stereocenters. The Morgan fingerprint density at radius 2 is 0.769 bits per heavy atom. The summed E-state index contributed by atoms with van der Waals surface area (Å²) in [5, 5.41) is 0. The van der Waals surface area contributed by atoms with Gasteiger partial charge in [-0.2, -0.15) is 0 Å². The van der Waals surface area contributed by atoms with E-state index in [-0.39, 0.29) is 62.1 Å². The maximum absolute atomic E-state index is 3.74. The van der Waals surface area contributed by atoms with E-state index in [2.05, 4.69) is 43.9 Å². The first-order valence-electron chi connectivity index (χ1n) is 3.50. The second-order valence-electron chi connectivity index (χ2n) is 4.62. The van der Waals surface area contributed by atoms with Crippen LogP contribution in [0.5, 0.6) is 0 Å². The van der Waals surface area contributed by atoms with Gasteiger partial charge in [0.25, 0.3) is 0 Å². The smallest absolute Gasteiger partial charge is 1.00 e. The van der Waals surface area contributed by atoms with Crippen LogP contribution < -0.4 is 61.2 Å². The van der Waals surface area contributed by atoms with Gasteiger partial charge >= 0.3 is 56.6 Å². The second-order valence-corrected chi connectivity index (χ2v) is 14.6. The molecule has 13 heavy (non-hydrogen) atoms. The summed E-state index contributed by atoms with van der Waals surface area (Å²) in [7, 11) is -1.96. The van der Waals surface area contributed by atoms with Crippen molar-refractivity contribution in [3.8, 4) is 0 Å². The third-order valence-corrected chi connectivity index (χ3v) is 6.75. The van der Waals surface area contributed by atoms with E-state index in [1.54, 1.807) is 0 Å². The molecule has 0 spiro atoms. The van der Waals surface area contributed by atoms with Gasteiger partial charge in [-0.1, -0.05) is 39.3 Å². The fraction of sp³-hybridized carbons (Fsp3) is 1.00. The van der Waals surface area contributed by atoms with E-state index >= 15 is 0 Å². The monoisotopic (exact) mass is 198 g/mol. The zero-order valence-corrected chi connectivity index (χ0v) is 12.9. The van der Waals surface area contributed by atoms with E-state index in [1.165, 1.54) is 0 Å². The van der Waals surface area contributed by atoms with Crippen molar-refractivity contribution in [2.24, 2.45) is 0 Å². The van der Waals surface area contributed by atoms with Gasteiger partial charge in [-0.15, -0.1) is 0 Å². The molecule has 0 heterocycles. The summed E-state index contributed by atoms with van der Waals surface area (Å²) in [6.45, 7) is 14.1. The van der Waals surface area contributed by atoms with Crippen LogP contribution in [0.15, 0.2) is 0 Å². The Morgan fingerprint density at radius 1 is 0.615 bits per heavy atom. The SMILES string of the molecule is C[Si](C)(C)N[Si](C)(C)C.[Li+].[Li+].[Li+].[O-2]. The minimum Gasteiger partial charge on any atom is -2.00 e. The first kappa shape index (κ1) is 29.4. The van der Waals surface area contributed by atoms with Gasteiger partial charge in [0.15, 0.2) is 0 Å². The number of hydrogen-bond acceptors (Lipinski definition) is 1. The number of hydrogen-bond donors (Lipinski definition) is 1. The average Bonchev–Trinajstić information content (AvgIpc) is 1.14. The van der Waals surface area contributed by atoms with Crippen LogP contribution in [0.1, 0.15) is 0 Å². The average molecular weight is 198 g/mol. The molecule has 0 aromatic carbocycles. The van der Waals surface area contributed by atoms with Crippen LogP contribution in [-0.2, 0) is 5.48 Å². The van der Waals surface area contributed by atoms with E-state index in [0.717, 1.165) is 0 Å². The Kier molecular flexibility index (Phi) is 24.1. The molecule has 64 valence electrons. The maximum atomic E-state index is 3.74. The van der Waals surface area contributed by atoms with Crippen LogP contribution >= 0.6 is 0 Å². The van der Waals surface area contributed by atoms with E-state index in [4.69, 9.17) is 0 Å². The van der Waals surface area contributed by atoms with Crippen molar-refractivity contribution in [1.82, 2.24) is 4.65 Å². The van der Waals surface area contributed by atoms with Gasteiger partial charge in [-0.3, -0.25) is 0 Å². The summed E-state index contributed by atoms with van der Waals surface area (Å²) in [6.07, 6.45) is 0. The van der Waals surface area contributed by atoms with Crippen LogP contribution in [0.3, 0.4) is 0 Å². The molecular weight excluding hydrogens is 179 g/mol. The van der Waals surface area contributed by atoms with Crippen molar-refractivity contribution in [2.45, 2.75) is 39.3 Å². The molecule has 0 saturated heterocycles. The summed E-state index contributed by atoms with van der Waals surface area (Å²) in [5.41, 5.74) is 0. The Balaban J connectivity index is -0.0000000533. The third-order valence-electron chi connectivity index (χ3n) is 0.750. The molecule has 0 saturated carbocycles. The molecular formula is C6H19Li3NOSi2+. The van der Waals surface area contributed by atoms with Gasteiger partial charge in [0.2, 0.25) is 0 Å². The summed E-state index contributed by atoms with van der Waals surface area (Å²) in [4.78, 5) is 0. The fourth-order valence-electron chi connectivity index (χ4n) is 1.12. The van der Waals surface area contributed by atoms with E-state index in [0.29, 0.717) is 0 Å². The van der Waals surface area contributed by atoms with Gasteiger partial charge in [0, 0.05) is 0 Å². The molecule has 0 aliphatic rings. The normalized spacial score (nSPS) is 9.69. The van der Waals surface area contributed by atoms with Crippen LogP contribution in [-0.4, -0.2) is 16.5 Å². The van der Waals surface area contributed by atoms with Crippen molar-refractivity contribution >= 4 is 16.5 Å². The molecule has 0 bridgehead atoms. The van der Waals surface area contributed by atoms with Crippen LogP contribution in [0.2, 0.25) is 39.3 Å². The Labute approximate surface area is 121 Å².